The van der Waals surface area contributed by atoms with Gasteiger partial charge in [0.1, 0.15) is 6.33 Å². The van der Waals surface area contributed by atoms with E-state index in [1.54, 1.807) is 4.90 Å². The Morgan fingerprint density at radius 3 is 2.23 bits per heavy atom. The molecule has 1 amide bonds. The number of phenols is 1. The van der Waals surface area contributed by atoms with Crippen molar-refractivity contribution < 1.29 is 9.90 Å². The Morgan fingerprint density at radius 1 is 1.13 bits per heavy atom. The fraction of sp³-hybridized carbons (Fsp3) is 0.348. The van der Waals surface area contributed by atoms with Crippen LogP contribution in [-0.4, -0.2) is 36.7 Å². The van der Waals surface area contributed by atoms with Crippen molar-refractivity contribution >= 4 is 29.1 Å². The maximum atomic E-state index is 13.1. The molecular formula is C23H26Cl2N4O2. The van der Waals surface area contributed by atoms with Crippen LogP contribution in [0.15, 0.2) is 42.7 Å². The Hall–Kier alpha value is -2.57. The lowest BCUT2D eigenvalue weighted by atomic mass is 9.87. The maximum Gasteiger partial charge on any atom is 0.294 e. The van der Waals surface area contributed by atoms with Crippen molar-refractivity contribution in [1.29, 1.82) is 0 Å². The molecule has 1 heterocycles. The van der Waals surface area contributed by atoms with Crippen LogP contribution in [0.2, 0.25) is 10.0 Å². The molecule has 0 fully saturated rings. The molecule has 0 atom stereocenters. The second-order valence-electron chi connectivity index (χ2n) is 8.74. The van der Waals surface area contributed by atoms with E-state index in [-0.39, 0.29) is 39.0 Å². The summed E-state index contributed by atoms with van der Waals surface area (Å²) in [4.78, 5) is 19.0. The molecule has 0 radical (unpaired) electrons. The summed E-state index contributed by atoms with van der Waals surface area (Å²) in [7, 11) is 0. The number of aromatic nitrogens is 3. The van der Waals surface area contributed by atoms with Crippen LogP contribution in [0, 0.1) is 0 Å². The third kappa shape index (κ3) is 5.20. The number of carbonyl (C=O) groups is 1. The second-order valence-corrected chi connectivity index (χ2v) is 9.56. The summed E-state index contributed by atoms with van der Waals surface area (Å²) < 4.78 is 1.40. The Balaban J connectivity index is 1.83. The molecule has 0 aliphatic carbocycles. The van der Waals surface area contributed by atoms with Gasteiger partial charge < -0.3 is 10.0 Å². The Kier molecular flexibility index (Phi) is 6.62. The Labute approximate surface area is 192 Å². The summed E-state index contributed by atoms with van der Waals surface area (Å²) in [5.41, 5.74) is 2.84. The highest BCUT2D eigenvalue weighted by Crippen LogP contribution is 2.33. The van der Waals surface area contributed by atoms with Crippen molar-refractivity contribution in [3.63, 3.8) is 0 Å². The molecule has 8 heteroatoms. The quantitative estimate of drug-likeness (QED) is 0.535. The number of carbonyl (C=O) groups excluding carboxylic acids is 1. The van der Waals surface area contributed by atoms with E-state index >= 15 is 0 Å². The van der Waals surface area contributed by atoms with Gasteiger partial charge in [-0.25, -0.2) is 9.67 Å². The molecular weight excluding hydrogens is 435 g/mol. The largest absolute Gasteiger partial charge is 0.505 e. The third-order valence-corrected chi connectivity index (χ3v) is 5.58. The van der Waals surface area contributed by atoms with E-state index in [0.29, 0.717) is 12.2 Å². The molecule has 3 aromatic rings. The Bertz CT molecular complexity index is 1060. The summed E-state index contributed by atoms with van der Waals surface area (Å²) in [5.74, 6) is -0.406. The van der Waals surface area contributed by atoms with Gasteiger partial charge in [0.2, 0.25) is 5.82 Å². The van der Waals surface area contributed by atoms with Crippen molar-refractivity contribution in [2.24, 2.45) is 0 Å². The fourth-order valence-electron chi connectivity index (χ4n) is 3.09. The van der Waals surface area contributed by atoms with Crippen LogP contribution in [-0.2, 0) is 12.0 Å². The van der Waals surface area contributed by atoms with Crippen LogP contribution in [0.1, 0.15) is 56.4 Å². The first-order valence-electron chi connectivity index (χ1n) is 9.98. The molecule has 0 bridgehead atoms. The highest BCUT2D eigenvalue weighted by atomic mass is 35.5. The molecule has 6 nitrogen and oxygen atoms in total. The van der Waals surface area contributed by atoms with E-state index in [2.05, 4.69) is 55.1 Å². The van der Waals surface area contributed by atoms with Gasteiger partial charge in [0.25, 0.3) is 5.91 Å². The van der Waals surface area contributed by atoms with Crippen LogP contribution in [0.5, 0.6) is 5.75 Å². The number of nitrogens with zero attached hydrogens (tertiary/aromatic N) is 4. The van der Waals surface area contributed by atoms with E-state index in [1.165, 1.54) is 28.7 Å². The van der Waals surface area contributed by atoms with Crippen molar-refractivity contribution in [3.8, 4) is 11.4 Å². The molecule has 0 spiro atoms. The summed E-state index contributed by atoms with van der Waals surface area (Å²) in [5, 5.41) is 14.2. The molecule has 0 unspecified atom stereocenters. The van der Waals surface area contributed by atoms with Gasteiger partial charge in [0.15, 0.2) is 5.75 Å². The first-order chi connectivity index (χ1) is 14.5. The van der Waals surface area contributed by atoms with Crippen LogP contribution in [0.3, 0.4) is 0 Å². The lowest BCUT2D eigenvalue weighted by Crippen LogP contribution is -2.37. The summed E-state index contributed by atoms with van der Waals surface area (Å²) in [6, 6.07) is 11.3. The molecule has 3 rings (SSSR count). The first-order valence-corrected chi connectivity index (χ1v) is 10.7. The zero-order chi connectivity index (χ0) is 22.9. The number of benzene rings is 2. The standard InChI is InChI=1S/C23H26Cl2N4O2/c1-14(2)28(12-15-6-8-16(9-7-15)23(3,4)5)22(31)21-26-13-29(27-21)17-10-18(24)20(30)19(25)11-17/h6-11,13-14,30H,12H2,1-5H3. The van der Waals surface area contributed by atoms with Gasteiger partial charge in [-0.1, -0.05) is 68.2 Å². The molecule has 164 valence electrons. The van der Waals surface area contributed by atoms with E-state index in [4.69, 9.17) is 23.2 Å². The van der Waals surface area contributed by atoms with Crippen molar-refractivity contribution in [3.05, 3.63) is 69.7 Å². The van der Waals surface area contributed by atoms with Gasteiger partial charge in [-0.15, -0.1) is 5.10 Å². The zero-order valence-electron chi connectivity index (χ0n) is 18.2. The van der Waals surface area contributed by atoms with Gasteiger partial charge in [0.05, 0.1) is 15.7 Å². The van der Waals surface area contributed by atoms with E-state index < -0.39 is 0 Å². The summed E-state index contributed by atoms with van der Waals surface area (Å²) in [6.07, 6.45) is 1.42. The highest BCUT2D eigenvalue weighted by Gasteiger charge is 2.23. The minimum atomic E-state index is -0.273. The van der Waals surface area contributed by atoms with Gasteiger partial charge >= 0.3 is 0 Å². The lowest BCUT2D eigenvalue weighted by Gasteiger charge is -2.26. The number of rotatable bonds is 5. The van der Waals surface area contributed by atoms with Crippen molar-refractivity contribution in [1.82, 2.24) is 19.7 Å². The van der Waals surface area contributed by atoms with E-state index in [9.17, 15) is 9.90 Å². The predicted octanol–water partition coefficient (Wildman–Crippen LogP) is 5.63. The van der Waals surface area contributed by atoms with Crippen LogP contribution >= 0.6 is 23.2 Å². The van der Waals surface area contributed by atoms with Crippen LogP contribution in [0.25, 0.3) is 5.69 Å². The van der Waals surface area contributed by atoms with E-state index in [1.807, 2.05) is 13.8 Å². The number of hydrogen-bond donors (Lipinski definition) is 1. The van der Waals surface area contributed by atoms with Crippen LogP contribution in [0.4, 0.5) is 0 Å². The molecule has 0 aliphatic rings. The van der Waals surface area contributed by atoms with Gasteiger partial charge in [-0.2, -0.15) is 0 Å². The minimum Gasteiger partial charge on any atom is -0.505 e. The van der Waals surface area contributed by atoms with Crippen molar-refractivity contribution in [2.45, 2.75) is 52.6 Å². The van der Waals surface area contributed by atoms with Gasteiger partial charge in [0, 0.05) is 12.6 Å². The number of hydrogen-bond acceptors (Lipinski definition) is 4. The van der Waals surface area contributed by atoms with E-state index in [0.717, 1.165) is 5.56 Å². The number of amides is 1. The number of aromatic hydroxyl groups is 1. The number of halogens is 2. The van der Waals surface area contributed by atoms with Gasteiger partial charge in [-0.05, 0) is 42.5 Å². The van der Waals surface area contributed by atoms with Crippen LogP contribution < -0.4 is 0 Å². The monoisotopic (exact) mass is 460 g/mol. The molecule has 0 saturated heterocycles. The Morgan fingerprint density at radius 2 is 1.71 bits per heavy atom. The highest BCUT2D eigenvalue weighted by molar-refractivity contribution is 6.37. The first kappa shape index (κ1) is 23.1. The zero-order valence-corrected chi connectivity index (χ0v) is 19.7. The minimum absolute atomic E-state index is 0.0423. The maximum absolute atomic E-state index is 13.1. The normalized spacial score (nSPS) is 11.7. The van der Waals surface area contributed by atoms with Gasteiger partial charge in [-0.3, -0.25) is 4.79 Å². The molecule has 1 aromatic heterocycles. The SMILES string of the molecule is CC(C)N(Cc1ccc(C(C)(C)C)cc1)C(=O)c1ncn(-c2cc(Cl)c(O)c(Cl)c2)n1. The smallest absolute Gasteiger partial charge is 0.294 e. The third-order valence-electron chi connectivity index (χ3n) is 5.01. The fourth-order valence-corrected chi connectivity index (χ4v) is 3.57. The number of phenolic OH excluding ortho intramolecular Hbond substituents is 1. The predicted molar refractivity (Wildman–Crippen MR) is 123 cm³/mol. The average molecular weight is 461 g/mol. The topological polar surface area (TPSA) is 71.2 Å². The lowest BCUT2D eigenvalue weighted by molar-refractivity contribution is 0.0677. The second kappa shape index (κ2) is 8.89. The summed E-state index contributed by atoms with van der Waals surface area (Å²) in [6.45, 7) is 10.9. The summed E-state index contributed by atoms with van der Waals surface area (Å²) >= 11 is 12.0. The average Bonchev–Trinajstić information content (AvgIpc) is 3.19. The molecule has 1 N–H and O–H groups in total. The molecule has 0 saturated carbocycles. The molecule has 2 aromatic carbocycles. The molecule has 31 heavy (non-hydrogen) atoms. The molecule has 0 aliphatic heterocycles. The van der Waals surface area contributed by atoms with Crippen molar-refractivity contribution in [2.75, 3.05) is 0 Å².